The van der Waals surface area contributed by atoms with Crippen LogP contribution >= 0.6 is 0 Å². The third kappa shape index (κ3) is 8.61. The highest BCUT2D eigenvalue weighted by atomic mass is 15.2. The van der Waals surface area contributed by atoms with Gasteiger partial charge in [0, 0.05) is 44.3 Å². The maximum atomic E-state index is 4.93. The van der Waals surface area contributed by atoms with Crippen LogP contribution < -0.4 is 9.80 Å². The lowest BCUT2D eigenvalue weighted by atomic mass is 9.78. The van der Waals surface area contributed by atoms with E-state index in [0.717, 1.165) is 36.1 Å². The Morgan fingerprint density at radius 2 is 1.49 bits per heavy atom. The highest BCUT2D eigenvalue weighted by Crippen LogP contribution is 2.38. The van der Waals surface area contributed by atoms with Gasteiger partial charge in [0.2, 0.25) is 0 Å². The van der Waals surface area contributed by atoms with Gasteiger partial charge in [0.15, 0.2) is 0 Å². The van der Waals surface area contributed by atoms with E-state index in [1.165, 1.54) is 78.6 Å². The molecule has 1 aliphatic rings. The Hall–Kier alpha value is -3.96. The number of aryl methyl sites for hydroxylation is 1. The summed E-state index contributed by atoms with van der Waals surface area (Å²) in [5.41, 5.74) is 8.52. The summed E-state index contributed by atoms with van der Waals surface area (Å²) in [5, 5.41) is 0. The highest BCUT2D eigenvalue weighted by Gasteiger charge is 2.27. The lowest BCUT2D eigenvalue weighted by molar-refractivity contribution is 0.269. The molecule has 0 aliphatic heterocycles. The minimum Gasteiger partial charge on any atom is -0.363 e. The van der Waals surface area contributed by atoms with Crippen molar-refractivity contribution in [2.75, 3.05) is 44.5 Å². The van der Waals surface area contributed by atoms with Gasteiger partial charge in [-0.15, -0.1) is 0 Å². The lowest BCUT2D eigenvalue weighted by Gasteiger charge is -2.36. The Morgan fingerprint density at radius 1 is 0.756 bits per heavy atom. The van der Waals surface area contributed by atoms with Crippen LogP contribution in [-0.2, 0) is 13.0 Å². The van der Waals surface area contributed by atoms with E-state index in [9.17, 15) is 0 Å². The van der Waals surface area contributed by atoms with E-state index in [1.54, 1.807) is 0 Å². The van der Waals surface area contributed by atoms with Gasteiger partial charge in [-0.3, -0.25) is 0 Å². The molecule has 2 heterocycles. The fourth-order valence-corrected chi connectivity index (χ4v) is 6.55. The summed E-state index contributed by atoms with van der Waals surface area (Å²) < 4.78 is 0. The van der Waals surface area contributed by atoms with Crippen molar-refractivity contribution in [1.82, 2.24) is 14.9 Å². The molecule has 0 atom stereocenters. The second kappa shape index (κ2) is 15.4. The summed E-state index contributed by atoms with van der Waals surface area (Å²) in [7, 11) is 8.38. The zero-order valence-corrected chi connectivity index (χ0v) is 28.0. The summed E-state index contributed by atoms with van der Waals surface area (Å²) >= 11 is 0. The quantitative estimate of drug-likeness (QED) is 0.153. The van der Waals surface area contributed by atoms with E-state index in [2.05, 4.69) is 109 Å². The molecule has 4 aromatic rings. The van der Waals surface area contributed by atoms with Crippen LogP contribution in [0.5, 0.6) is 0 Å². The van der Waals surface area contributed by atoms with Crippen LogP contribution in [0.3, 0.4) is 0 Å². The first-order valence-corrected chi connectivity index (χ1v) is 16.7. The Bertz CT molecular complexity index is 1520. The number of anilines is 2. The van der Waals surface area contributed by atoms with E-state index in [0.29, 0.717) is 5.92 Å². The minimum absolute atomic E-state index is 0.476. The van der Waals surface area contributed by atoms with E-state index >= 15 is 0 Å². The number of aromatic nitrogens is 2. The molecular formula is C40H51N5. The topological polar surface area (TPSA) is 35.5 Å². The first kappa shape index (κ1) is 32.4. The van der Waals surface area contributed by atoms with Crippen molar-refractivity contribution in [3.63, 3.8) is 0 Å². The van der Waals surface area contributed by atoms with Crippen molar-refractivity contribution in [2.45, 2.75) is 58.4 Å². The van der Waals surface area contributed by atoms with Crippen LogP contribution in [0.25, 0.3) is 22.3 Å². The molecule has 0 amide bonds. The van der Waals surface area contributed by atoms with E-state index in [4.69, 9.17) is 11.6 Å². The summed E-state index contributed by atoms with van der Waals surface area (Å²) in [4.78, 5) is 16.2. The van der Waals surface area contributed by atoms with Gasteiger partial charge in [-0.1, -0.05) is 62.0 Å². The van der Waals surface area contributed by atoms with Gasteiger partial charge in [-0.05, 0) is 130 Å². The van der Waals surface area contributed by atoms with E-state index in [1.807, 2.05) is 31.4 Å². The fraction of sp³-hybridized carbons (Fsp3) is 0.400. The average Bonchev–Trinajstić information content (AvgIpc) is 3.07. The molecule has 2 aromatic heterocycles. The molecule has 236 valence electrons. The normalized spacial score (nSPS) is 16.5. The molecule has 1 fully saturated rings. The van der Waals surface area contributed by atoms with Crippen molar-refractivity contribution in [1.29, 1.82) is 0 Å². The van der Waals surface area contributed by atoms with Crippen LogP contribution in [0.15, 0.2) is 97.5 Å². The third-order valence-corrected chi connectivity index (χ3v) is 9.41. The van der Waals surface area contributed by atoms with Crippen molar-refractivity contribution >= 4 is 11.6 Å². The van der Waals surface area contributed by atoms with Gasteiger partial charge < -0.3 is 14.7 Å². The Morgan fingerprint density at radius 3 is 2.16 bits per heavy atom. The molecule has 1 aliphatic carbocycles. The molecule has 45 heavy (non-hydrogen) atoms. The number of hydrogen-bond acceptors (Lipinski definition) is 5. The average molecular weight is 602 g/mol. The van der Waals surface area contributed by atoms with Crippen LogP contribution in [0.2, 0.25) is 0 Å². The molecule has 0 bridgehead atoms. The first-order valence-electron chi connectivity index (χ1n) is 16.7. The number of benzene rings is 2. The number of allylic oxidation sites excluding steroid dienone is 1. The van der Waals surface area contributed by atoms with Gasteiger partial charge in [0.25, 0.3) is 0 Å². The molecule has 0 N–H and O–H groups in total. The summed E-state index contributed by atoms with van der Waals surface area (Å²) in [6, 6.07) is 26.4. The van der Waals surface area contributed by atoms with E-state index in [-0.39, 0.29) is 0 Å². The predicted molar refractivity (Wildman–Crippen MR) is 192 cm³/mol. The third-order valence-electron chi connectivity index (χ3n) is 9.41. The molecule has 0 spiro atoms. The molecular weight excluding hydrogens is 550 g/mol. The minimum atomic E-state index is 0.476. The second-order valence-corrected chi connectivity index (χ2v) is 13.2. The first-order chi connectivity index (χ1) is 21.8. The van der Waals surface area contributed by atoms with E-state index < -0.39 is 0 Å². The van der Waals surface area contributed by atoms with Crippen molar-refractivity contribution in [2.24, 2.45) is 11.8 Å². The fourth-order valence-electron chi connectivity index (χ4n) is 6.55. The van der Waals surface area contributed by atoms with Crippen LogP contribution in [0, 0.1) is 11.8 Å². The molecule has 0 saturated heterocycles. The standard InChI is InChI=1S/C40H51N5/c1-7-31-10-8-12-36(26-31)37-23-24-41-40(27-37)45(30(2)34-17-13-32(14-18-34)11-9-25-43(3)4)29-33-15-19-35(20-16-33)38-21-22-39(42-28-38)44(5)6/h8,10,12,15-16,19-24,26-28,32,34H,2,7,9,11,13-14,17-18,25,29H2,1,3-6H3. The number of nitrogens with zero attached hydrogens (tertiary/aromatic N) is 5. The number of pyridine rings is 2. The second-order valence-electron chi connectivity index (χ2n) is 13.2. The molecule has 0 unspecified atom stereocenters. The van der Waals surface area contributed by atoms with Crippen LogP contribution in [0.1, 0.15) is 56.6 Å². The SMILES string of the molecule is C=C(C1CCC(CCCN(C)C)CC1)N(Cc1ccc(-c2ccc(N(C)C)nc2)cc1)c1cc(-c2cccc(CC)c2)ccn1. The van der Waals surface area contributed by atoms with Gasteiger partial charge in [0.05, 0.1) is 0 Å². The molecule has 5 nitrogen and oxygen atoms in total. The maximum Gasteiger partial charge on any atom is 0.133 e. The monoisotopic (exact) mass is 601 g/mol. The van der Waals surface area contributed by atoms with Gasteiger partial charge in [-0.25, -0.2) is 9.97 Å². The summed E-state index contributed by atoms with van der Waals surface area (Å²) in [6.07, 6.45) is 12.5. The molecule has 5 heteroatoms. The van der Waals surface area contributed by atoms with Gasteiger partial charge >= 0.3 is 0 Å². The molecule has 2 aromatic carbocycles. The Balaban J connectivity index is 1.37. The van der Waals surface area contributed by atoms with Crippen LogP contribution in [0.4, 0.5) is 11.6 Å². The Kier molecular flexibility index (Phi) is 11.1. The smallest absolute Gasteiger partial charge is 0.133 e. The van der Waals surface area contributed by atoms with Gasteiger partial charge in [-0.2, -0.15) is 0 Å². The van der Waals surface area contributed by atoms with Gasteiger partial charge in [0.1, 0.15) is 11.6 Å². The van der Waals surface area contributed by atoms with Crippen molar-refractivity contribution in [3.8, 4) is 22.3 Å². The predicted octanol–water partition coefficient (Wildman–Crippen LogP) is 9.11. The van der Waals surface area contributed by atoms with Crippen molar-refractivity contribution < 1.29 is 0 Å². The zero-order chi connectivity index (χ0) is 31.8. The van der Waals surface area contributed by atoms with Crippen molar-refractivity contribution in [3.05, 3.63) is 109 Å². The van der Waals surface area contributed by atoms with Crippen LogP contribution in [-0.4, -0.2) is 49.6 Å². The largest absolute Gasteiger partial charge is 0.363 e. The molecule has 0 radical (unpaired) electrons. The lowest BCUT2D eigenvalue weighted by Crippen LogP contribution is -2.29. The molecule has 1 saturated carbocycles. The number of rotatable bonds is 13. The summed E-state index contributed by atoms with van der Waals surface area (Å²) in [5.74, 6) is 3.25. The maximum absolute atomic E-state index is 4.93. The highest BCUT2D eigenvalue weighted by molar-refractivity contribution is 5.68. The Labute approximate surface area is 271 Å². The molecule has 5 rings (SSSR count). The number of hydrogen-bond donors (Lipinski definition) is 0. The zero-order valence-electron chi connectivity index (χ0n) is 28.0. The summed E-state index contributed by atoms with van der Waals surface area (Å²) in [6.45, 7) is 8.88.